The van der Waals surface area contributed by atoms with Crippen LogP contribution in [0.2, 0.25) is 0 Å². The van der Waals surface area contributed by atoms with E-state index in [1.807, 2.05) is 0 Å². The van der Waals surface area contributed by atoms with Gasteiger partial charge in [0.25, 0.3) is 5.91 Å². The number of halogens is 3. The predicted octanol–water partition coefficient (Wildman–Crippen LogP) is 3.31. The van der Waals surface area contributed by atoms with Gasteiger partial charge in [-0.2, -0.15) is 28.1 Å². The predicted molar refractivity (Wildman–Crippen MR) is 122 cm³/mol. The van der Waals surface area contributed by atoms with Crippen molar-refractivity contribution in [3.63, 3.8) is 0 Å². The largest absolute Gasteiger partial charge is 0.454 e. The Morgan fingerprint density at radius 1 is 0.829 bits per heavy atom. The molecular weight excluding hydrogens is 469 g/mol. The fraction of sp³-hybridized carbons (Fsp3) is 0.545. The van der Waals surface area contributed by atoms with Crippen LogP contribution < -0.4 is 20.7 Å². The quantitative estimate of drug-likeness (QED) is 0.573. The molecule has 0 saturated carbocycles. The van der Waals surface area contributed by atoms with E-state index in [0.717, 1.165) is 12.8 Å². The Bertz CT molecular complexity index is 930. The van der Waals surface area contributed by atoms with Crippen molar-refractivity contribution in [1.82, 2.24) is 20.3 Å². The van der Waals surface area contributed by atoms with Gasteiger partial charge < -0.3 is 30.2 Å². The molecule has 35 heavy (non-hydrogen) atoms. The Labute approximate surface area is 201 Å². The lowest BCUT2D eigenvalue weighted by Crippen LogP contribution is -2.25. The molecule has 13 heteroatoms. The summed E-state index contributed by atoms with van der Waals surface area (Å²) in [5.41, 5.74) is 0.989. The Morgan fingerprint density at radius 2 is 1.43 bits per heavy atom. The topological polar surface area (TPSA) is 120 Å². The third kappa shape index (κ3) is 10.3. The van der Waals surface area contributed by atoms with Gasteiger partial charge in [0.05, 0.1) is 0 Å². The molecule has 1 aromatic heterocycles. The molecule has 0 aliphatic carbocycles. The van der Waals surface area contributed by atoms with Crippen molar-refractivity contribution in [2.75, 3.05) is 56.8 Å². The van der Waals surface area contributed by atoms with Gasteiger partial charge in [-0.25, -0.2) is 0 Å². The molecule has 0 radical (unpaired) electrons. The summed E-state index contributed by atoms with van der Waals surface area (Å²) >= 11 is 0. The lowest BCUT2D eigenvalue weighted by molar-refractivity contribution is -0.154. The first kappa shape index (κ1) is 26.4. The monoisotopic (exact) mass is 498 g/mol. The number of carbonyl (C=O) groups is 1. The number of benzene rings is 1. The number of anilines is 3. The molecule has 0 atom stereocenters. The zero-order chi connectivity index (χ0) is 24.9. The molecule has 1 aromatic carbocycles. The van der Waals surface area contributed by atoms with E-state index in [-0.39, 0.29) is 17.8 Å². The van der Waals surface area contributed by atoms with Crippen LogP contribution in [-0.4, -0.2) is 73.2 Å². The first-order valence-corrected chi connectivity index (χ1v) is 11.4. The number of hydrogen-bond acceptors (Lipinski definition) is 9. The van der Waals surface area contributed by atoms with Crippen molar-refractivity contribution in [3.8, 4) is 6.01 Å². The number of alkyl halides is 3. The number of fused-ring (bicyclic) bond motifs is 16. The molecule has 1 amide bonds. The van der Waals surface area contributed by atoms with E-state index < -0.39 is 18.8 Å². The number of amides is 1. The van der Waals surface area contributed by atoms with Crippen LogP contribution in [0.3, 0.4) is 0 Å². The molecule has 10 nitrogen and oxygen atoms in total. The van der Waals surface area contributed by atoms with Crippen LogP contribution in [0.5, 0.6) is 6.01 Å². The van der Waals surface area contributed by atoms with E-state index in [1.165, 1.54) is 0 Å². The van der Waals surface area contributed by atoms with Crippen molar-refractivity contribution >= 4 is 23.5 Å². The average molecular weight is 499 g/mol. The van der Waals surface area contributed by atoms with Crippen molar-refractivity contribution in [1.29, 1.82) is 0 Å². The zero-order valence-electron chi connectivity index (χ0n) is 19.2. The Balaban J connectivity index is 1.71. The Kier molecular flexibility index (Phi) is 10.3. The van der Waals surface area contributed by atoms with Crippen LogP contribution in [0.15, 0.2) is 24.3 Å². The lowest BCUT2D eigenvalue weighted by Gasteiger charge is -2.12. The van der Waals surface area contributed by atoms with Crippen molar-refractivity contribution < 1.29 is 32.2 Å². The smallest absolute Gasteiger partial charge is 0.422 e. The minimum absolute atomic E-state index is 0.00785. The fourth-order valence-electron chi connectivity index (χ4n) is 3.00. The van der Waals surface area contributed by atoms with Crippen LogP contribution in [-0.2, 0) is 9.47 Å². The van der Waals surface area contributed by atoms with Gasteiger partial charge in [0, 0.05) is 50.8 Å². The van der Waals surface area contributed by atoms with Crippen LogP contribution in [0.4, 0.5) is 30.8 Å². The molecule has 4 bridgehead atoms. The van der Waals surface area contributed by atoms with Gasteiger partial charge in [0.2, 0.25) is 11.9 Å². The highest BCUT2D eigenvalue weighted by Gasteiger charge is 2.29. The molecule has 2 aliphatic heterocycles. The third-order valence-electron chi connectivity index (χ3n) is 4.71. The summed E-state index contributed by atoms with van der Waals surface area (Å²) in [5, 5.41) is 8.68. The van der Waals surface area contributed by atoms with Crippen molar-refractivity contribution in [2.45, 2.75) is 31.9 Å². The highest BCUT2D eigenvalue weighted by atomic mass is 19.4. The van der Waals surface area contributed by atoms with Crippen LogP contribution in [0.1, 0.15) is 36.0 Å². The van der Waals surface area contributed by atoms with E-state index in [2.05, 4.69) is 30.9 Å². The van der Waals surface area contributed by atoms with Crippen LogP contribution in [0.25, 0.3) is 0 Å². The molecule has 2 aliphatic rings. The number of rotatable bonds is 2. The molecule has 4 rings (SSSR count). The minimum Gasteiger partial charge on any atom is -0.454 e. The van der Waals surface area contributed by atoms with E-state index in [4.69, 9.17) is 14.2 Å². The van der Waals surface area contributed by atoms with Gasteiger partial charge >= 0.3 is 12.2 Å². The summed E-state index contributed by atoms with van der Waals surface area (Å²) in [6.07, 6.45) is -1.45. The summed E-state index contributed by atoms with van der Waals surface area (Å²) in [4.78, 5) is 24.3. The van der Waals surface area contributed by atoms with E-state index in [0.29, 0.717) is 63.6 Å². The first-order valence-electron chi connectivity index (χ1n) is 11.4. The highest BCUT2D eigenvalue weighted by molar-refractivity contribution is 5.94. The lowest BCUT2D eigenvalue weighted by atomic mass is 10.2. The fourth-order valence-corrected chi connectivity index (χ4v) is 3.00. The maximum absolute atomic E-state index is 12.6. The van der Waals surface area contributed by atoms with E-state index in [9.17, 15) is 18.0 Å². The number of aromatic nitrogens is 3. The first-order chi connectivity index (χ1) is 16.9. The summed E-state index contributed by atoms with van der Waals surface area (Å²) in [6.45, 7) is 1.71. The number of nitrogens with zero attached hydrogens (tertiary/aromatic N) is 3. The highest BCUT2D eigenvalue weighted by Crippen LogP contribution is 2.20. The second kappa shape index (κ2) is 13.6. The molecule has 2 aromatic rings. The summed E-state index contributed by atoms with van der Waals surface area (Å²) < 4.78 is 53.6. The molecule has 3 heterocycles. The Morgan fingerprint density at radius 3 is 2.09 bits per heavy atom. The number of hydrogen-bond donors (Lipinski definition) is 3. The Hall–Kier alpha value is -3.19. The van der Waals surface area contributed by atoms with Gasteiger partial charge in [-0.15, -0.1) is 0 Å². The molecule has 0 spiro atoms. The average Bonchev–Trinajstić information content (AvgIpc) is 2.82. The summed E-state index contributed by atoms with van der Waals surface area (Å²) in [6, 6.07) is 6.04. The second-order valence-corrected chi connectivity index (χ2v) is 7.69. The van der Waals surface area contributed by atoms with E-state index >= 15 is 0 Å². The van der Waals surface area contributed by atoms with Gasteiger partial charge in [-0.1, -0.05) is 0 Å². The van der Waals surface area contributed by atoms with Gasteiger partial charge in [-0.3, -0.25) is 4.79 Å². The maximum atomic E-state index is 12.6. The molecule has 3 N–H and O–H groups in total. The maximum Gasteiger partial charge on any atom is 0.422 e. The van der Waals surface area contributed by atoms with Crippen LogP contribution >= 0.6 is 0 Å². The standard InChI is InChI=1S/C22H29F3N6O4/c23-22(24,25)15-35-21-30-19-27-10-4-14-34-12-2-1-11-33-13-3-9-26-18(32)16-5-7-17(8-6-16)28-20(29-19)31-21/h5-8H,1-4,9-15H2,(H,26,32)(H2,27,28,29,30,31). The zero-order valence-corrected chi connectivity index (χ0v) is 19.2. The molecule has 0 fully saturated rings. The summed E-state index contributed by atoms with van der Waals surface area (Å²) in [7, 11) is 0. The van der Waals surface area contributed by atoms with Gasteiger partial charge in [0.1, 0.15) is 0 Å². The molecule has 0 unspecified atom stereocenters. The summed E-state index contributed by atoms with van der Waals surface area (Å²) in [5.74, 6) is -0.167. The second-order valence-electron chi connectivity index (χ2n) is 7.69. The molecule has 0 saturated heterocycles. The number of carbonyl (C=O) groups excluding carboxylic acids is 1. The number of ether oxygens (including phenoxy) is 3. The SMILES string of the molecule is O=C1NCCCOCCCCOCCCNc2nc(nc(OCC(F)(F)F)n2)Nc2ccc1cc2. The third-order valence-corrected chi connectivity index (χ3v) is 4.71. The molecular formula is C22H29F3N6O4. The van der Waals surface area contributed by atoms with Gasteiger partial charge in [0.15, 0.2) is 6.61 Å². The van der Waals surface area contributed by atoms with Crippen LogP contribution in [0, 0.1) is 0 Å². The molecule has 192 valence electrons. The number of nitrogens with one attached hydrogen (secondary N) is 3. The minimum atomic E-state index is -4.53. The van der Waals surface area contributed by atoms with E-state index in [1.54, 1.807) is 24.3 Å². The van der Waals surface area contributed by atoms with Crippen molar-refractivity contribution in [2.24, 2.45) is 0 Å². The van der Waals surface area contributed by atoms with Gasteiger partial charge in [-0.05, 0) is 49.9 Å². The van der Waals surface area contributed by atoms with Crippen molar-refractivity contribution in [3.05, 3.63) is 29.8 Å². The normalized spacial score (nSPS) is 17.1.